The molecular formula is C54H76N14O23S3. The standard InChI is InChI=1S/C54H76N14O23S3/c1-33-21-36(22-34(2)49(33)94(89,90)63-39(53(81)82)25-59-50(78)38-26-64(3)42-23-35(6-7-37(42)48(38)77)24-60-54-57-10-11-58-54)91-20-4-5-43(69)55-8-9-56-51(79)40(31-92(83,84)85)62-52(80)41(32-93(86,87)88)61-44(70)27-65-12-14-66(28-45(71)72)16-18-68(30-47(75)76)19-17-67(15-13-65)29-46(73)74/h6-7,10-11,21-23,26,39-41,63H,4-5,8-9,12-20,24-25,27-32H2,1-3H3,(H,55,69)(H,56,79)(H,59,78)(H,61,70)(H,62,80)(H,71,72)(H,73,74)(H,75,76)(H,81,82)(H2,57,58,60)(H,83,84,85)(H,86,87,88)/t39-,40-,41-/m0/s1. The van der Waals surface area contributed by atoms with Crippen molar-refractivity contribution in [1.29, 1.82) is 0 Å². The number of hydrogen-bond acceptors (Lipinski definition) is 23. The third-order valence-corrected chi connectivity index (χ3v) is 17.5. The minimum absolute atomic E-state index is 0.0356. The zero-order valence-corrected chi connectivity index (χ0v) is 53.7. The number of carbonyl (C=O) groups excluding carboxylic acids is 5. The maximum atomic E-state index is 13.7. The molecule has 0 aliphatic carbocycles. The maximum Gasteiger partial charge on any atom is 0.323 e. The number of pyridine rings is 1. The Morgan fingerprint density at radius 3 is 1.68 bits per heavy atom. The Kier molecular flexibility index (Phi) is 28.3. The second kappa shape index (κ2) is 35.0. The van der Waals surface area contributed by atoms with Gasteiger partial charge in [0.2, 0.25) is 39.1 Å². The van der Waals surface area contributed by atoms with E-state index in [0.717, 1.165) is 5.56 Å². The van der Waals surface area contributed by atoms with E-state index in [4.69, 9.17) is 4.74 Å². The molecule has 1 fully saturated rings. The summed E-state index contributed by atoms with van der Waals surface area (Å²) in [6, 6.07) is 1.41. The van der Waals surface area contributed by atoms with Crippen LogP contribution in [0.2, 0.25) is 0 Å². The number of sulfonamides is 1. The number of carboxylic acids is 4. The van der Waals surface area contributed by atoms with E-state index in [-0.39, 0.29) is 111 Å². The Hall–Kier alpha value is -8.74. The van der Waals surface area contributed by atoms with E-state index in [1.807, 2.05) is 5.32 Å². The molecule has 94 heavy (non-hydrogen) atoms. The monoisotopic (exact) mass is 1380 g/mol. The van der Waals surface area contributed by atoms with Crippen LogP contribution in [0, 0.1) is 13.8 Å². The van der Waals surface area contributed by atoms with Crippen molar-refractivity contribution >= 4 is 101 Å². The largest absolute Gasteiger partial charge is 0.494 e. The van der Waals surface area contributed by atoms with E-state index in [0.29, 0.717) is 18.0 Å². The lowest BCUT2D eigenvalue weighted by Crippen LogP contribution is -2.58. The van der Waals surface area contributed by atoms with Crippen LogP contribution >= 0.6 is 0 Å². The van der Waals surface area contributed by atoms with Crippen LogP contribution in [0.1, 0.15) is 39.9 Å². The fourth-order valence-corrected chi connectivity index (χ4v) is 12.7. The molecule has 0 saturated carbocycles. The van der Waals surface area contributed by atoms with E-state index in [1.165, 1.54) is 51.8 Å². The van der Waals surface area contributed by atoms with Crippen LogP contribution in [0.3, 0.4) is 0 Å². The topological polar surface area (TPSA) is 535 Å². The van der Waals surface area contributed by atoms with Gasteiger partial charge in [0.15, 0.2) is 5.95 Å². The molecule has 5 amide bonds. The molecule has 3 atom stereocenters. The van der Waals surface area contributed by atoms with Crippen LogP contribution in [-0.2, 0) is 82.2 Å². The molecule has 0 unspecified atom stereocenters. The summed E-state index contributed by atoms with van der Waals surface area (Å²) in [5.74, 6) is -13.0. The van der Waals surface area contributed by atoms with Gasteiger partial charge in [-0.05, 0) is 61.2 Å². The number of fused-ring (bicyclic) bond motifs is 1. The van der Waals surface area contributed by atoms with Crippen LogP contribution in [0.25, 0.3) is 10.9 Å². The normalized spacial score (nSPS) is 15.2. The van der Waals surface area contributed by atoms with Crippen molar-refractivity contribution in [3.63, 3.8) is 0 Å². The molecule has 518 valence electrons. The summed E-state index contributed by atoms with van der Waals surface area (Å²) in [6.07, 6.45) is 4.42. The van der Waals surface area contributed by atoms with Gasteiger partial charge in [0.1, 0.15) is 40.9 Å². The van der Waals surface area contributed by atoms with Gasteiger partial charge in [-0.2, -0.15) is 21.6 Å². The molecule has 4 aromatic rings. The molecular weight excluding hydrogens is 1310 g/mol. The third kappa shape index (κ3) is 25.6. The molecule has 0 radical (unpaired) electrons. The maximum absolute atomic E-state index is 13.7. The number of carboxylic acid groups (broad SMARTS) is 4. The minimum atomic E-state index is -5.12. The van der Waals surface area contributed by atoms with Gasteiger partial charge >= 0.3 is 23.9 Å². The third-order valence-electron chi connectivity index (χ3n) is 14.2. The van der Waals surface area contributed by atoms with Crippen molar-refractivity contribution in [2.75, 3.05) is 122 Å². The van der Waals surface area contributed by atoms with Crippen molar-refractivity contribution in [3.8, 4) is 5.75 Å². The predicted molar refractivity (Wildman–Crippen MR) is 331 cm³/mol. The van der Waals surface area contributed by atoms with Crippen molar-refractivity contribution in [2.24, 2.45) is 7.05 Å². The first kappa shape index (κ1) is 76.0. The van der Waals surface area contributed by atoms with Crippen molar-refractivity contribution in [2.45, 2.75) is 56.3 Å². The summed E-state index contributed by atoms with van der Waals surface area (Å²) in [5.41, 5.74) is 0.600. The SMILES string of the molecule is Cc1cc(OCCCC(=O)NCCNC(=O)[C@H](CS(=O)(=O)O)NC(=O)[C@H](CS(=O)(=O)O)NC(=O)CN2CCN(CC(=O)O)CCN(CC(=O)O)CCN(CC(=O)O)CC2)cc(C)c1S(=O)(=O)N[C@@H](CNC(=O)c1cn(C)c2cc(CNc3ncc[nH]3)ccc2c1=O)C(=O)O. The Bertz CT molecular complexity index is 3760. The smallest absolute Gasteiger partial charge is 0.323 e. The van der Waals surface area contributed by atoms with E-state index in [2.05, 4.69) is 41.3 Å². The van der Waals surface area contributed by atoms with E-state index < -0.39 is 158 Å². The van der Waals surface area contributed by atoms with E-state index in [1.54, 1.807) is 42.2 Å². The number of amides is 5. The Morgan fingerprint density at radius 1 is 0.660 bits per heavy atom. The number of nitrogens with one attached hydrogen (secondary N) is 8. The number of rotatable bonds is 34. The number of aliphatic carboxylic acids is 4. The molecule has 5 rings (SSSR count). The lowest BCUT2D eigenvalue weighted by molar-refractivity contribution is -0.140. The molecule has 0 bridgehead atoms. The highest BCUT2D eigenvalue weighted by molar-refractivity contribution is 7.89. The fraction of sp³-hybridized carbons (Fsp3) is 0.500. The number of hydrogen-bond donors (Lipinski definition) is 14. The average Bonchev–Trinajstić information content (AvgIpc) is 0.830. The summed E-state index contributed by atoms with van der Waals surface area (Å²) in [4.78, 5) is 140. The first-order chi connectivity index (χ1) is 44.1. The summed E-state index contributed by atoms with van der Waals surface area (Å²) in [5, 5.41) is 52.8. The highest BCUT2D eigenvalue weighted by atomic mass is 32.2. The Balaban J connectivity index is 1.11. The number of imidazole rings is 1. The lowest BCUT2D eigenvalue weighted by atomic mass is 10.1. The van der Waals surface area contributed by atoms with Crippen molar-refractivity contribution < 1.29 is 103 Å². The number of benzene rings is 2. The summed E-state index contributed by atoms with van der Waals surface area (Å²) in [7, 11) is -13.2. The van der Waals surface area contributed by atoms with Gasteiger partial charge in [-0.25, -0.2) is 13.4 Å². The summed E-state index contributed by atoms with van der Waals surface area (Å²) >= 11 is 0. The molecule has 1 aliphatic rings. The fourth-order valence-electron chi connectivity index (χ4n) is 9.79. The predicted octanol–water partition coefficient (Wildman–Crippen LogP) is -4.74. The Morgan fingerprint density at radius 2 is 1.18 bits per heavy atom. The van der Waals surface area contributed by atoms with Crippen LogP contribution in [0.4, 0.5) is 5.95 Å². The van der Waals surface area contributed by atoms with Crippen LogP contribution < -0.4 is 46.8 Å². The molecule has 0 spiro atoms. The molecule has 1 aliphatic heterocycles. The quantitative estimate of drug-likeness (QED) is 0.0154. The number of aromatic amines is 1. The molecule has 3 heterocycles. The van der Waals surface area contributed by atoms with E-state index in [9.17, 15) is 103 Å². The second-order valence-electron chi connectivity index (χ2n) is 21.8. The highest BCUT2D eigenvalue weighted by Gasteiger charge is 2.34. The summed E-state index contributed by atoms with van der Waals surface area (Å²) in [6.45, 7) is -0.464. The van der Waals surface area contributed by atoms with Gasteiger partial charge in [-0.1, -0.05) is 6.07 Å². The van der Waals surface area contributed by atoms with Crippen LogP contribution in [-0.4, -0.2) is 277 Å². The van der Waals surface area contributed by atoms with Crippen molar-refractivity contribution in [3.05, 3.63) is 81.4 Å². The van der Waals surface area contributed by atoms with Crippen LogP contribution in [0.15, 0.2) is 58.6 Å². The lowest BCUT2D eigenvalue weighted by Gasteiger charge is -2.33. The first-order valence-corrected chi connectivity index (χ1v) is 33.5. The number of anilines is 1. The number of carbonyl (C=O) groups is 9. The highest BCUT2D eigenvalue weighted by Crippen LogP contribution is 2.26. The summed E-state index contributed by atoms with van der Waals surface area (Å²) < 4.78 is 104. The van der Waals surface area contributed by atoms with Gasteiger partial charge in [-0.3, -0.25) is 76.7 Å². The molecule has 1 saturated heterocycles. The van der Waals surface area contributed by atoms with E-state index >= 15 is 0 Å². The second-order valence-corrected chi connectivity index (χ2v) is 26.4. The molecule has 37 nitrogen and oxygen atoms in total. The number of H-pyrrole nitrogens is 1. The number of aryl methyl sites for hydroxylation is 3. The van der Waals surface area contributed by atoms with Gasteiger partial charge in [0, 0.05) is 116 Å². The average molecular weight is 1390 g/mol. The number of nitrogens with zero attached hydrogens (tertiary/aromatic N) is 6. The van der Waals surface area contributed by atoms with Crippen LogP contribution in [0.5, 0.6) is 5.75 Å². The zero-order chi connectivity index (χ0) is 69.7. The number of ether oxygens (including phenoxy) is 1. The van der Waals surface area contributed by atoms with Gasteiger partial charge in [0.25, 0.3) is 26.1 Å². The first-order valence-electron chi connectivity index (χ1n) is 28.8. The zero-order valence-electron chi connectivity index (χ0n) is 51.2. The number of aromatic nitrogens is 3. The van der Waals surface area contributed by atoms with Crippen molar-refractivity contribution in [1.82, 2.24) is 65.4 Å². The molecule has 2 aromatic carbocycles. The molecule has 40 heteroatoms. The minimum Gasteiger partial charge on any atom is -0.494 e. The van der Waals surface area contributed by atoms with Gasteiger partial charge in [-0.15, -0.1) is 0 Å². The molecule has 14 N–H and O–H groups in total. The Labute approximate surface area is 538 Å². The molecule has 2 aromatic heterocycles. The van der Waals surface area contributed by atoms with Gasteiger partial charge in [0.05, 0.1) is 43.2 Å². The van der Waals surface area contributed by atoms with Gasteiger partial charge < -0.3 is 66.6 Å².